The van der Waals surface area contributed by atoms with E-state index in [1.165, 1.54) is 12.5 Å². The van der Waals surface area contributed by atoms with Crippen LogP contribution < -0.4 is 4.74 Å². The van der Waals surface area contributed by atoms with E-state index in [2.05, 4.69) is 4.90 Å². The molecule has 22 heavy (non-hydrogen) atoms. The van der Waals surface area contributed by atoms with Gasteiger partial charge in [-0.25, -0.2) is 4.39 Å². The van der Waals surface area contributed by atoms with E-state index < -0.39 is 5.60 Å². The van der Waals surface area contributed by atoms with Crippen molar-refractivity contribution in [2.75, 3.05) is 27.7 Å². The zero-order chi connectivity index (χ0) is 15.9. The lowest BCUT2D eigenvalue weighted by molar-refractivity contribution is -0.0913. The number of benzene rings is 1. The highest BCUT2D eigenvalue weighted by Gasteiger charge is 2.52. The van der Waals surface area contributed by atoms with Gasteiger partial charge in [0.05, 0.1) is 12.7 Å². The third kappa shape index (κ3) is 2.63. The number of fused-ring (bicyclic) bond motifs is 2. The van der Waals surface area contributed by atoms with E-state index in [0.29, 0.717) is 29.6 Å². The quantitative estimate of drug-likeness (QED) is 0.928. The molecule has 2 aliphatic carbocycles. The van der Waals surface area contributed by atoms with Gasteiger partial charge in [0.25, 0.3) is 0 Å². The molecule has 0 amide bonds. The van der Waals surface area contributed by atoms with Crippen molar-refractivity contribution in [2.45, 2.75) is 31.3 Å². The van der Waals surface area contributed by atoms with Gasteiger partial charge in [0.2, 0.25) is 0 Å². The highest BCUT2D eigenvalue weighted by molar-refractivity contribution is 5.35. The van der Waals surface area contributed by atoms with Crippen LogP contribution in [0.5, 0.6) is 5.75 Å². The summed E-state index contributed by atoms with van der Waals surface area (Å²) in [6, 6.07) is 4.71. The Morgan fingerprint density at radius 2 is 2.14 bits per heavy atom. The van der Waals surface area contributed by atoms with Gasteiger partial charge in [-0.15, -0.1) is 0 Å². The van der Waals surface area contributed by atoms with Gasteiger partial charge in [-0.05, 0) is 63.4 Å². The Hall–Kier alpha value is -1.13. The molecule has 1 aromatic carbocycles. The molecule has 2 saturated carbocycles. The second-order valence-corrected chi connectivity index (χ2v) is 7.28. The molecule has 2 bridgehead atoms. The summed E-state index contributed by atoms with van der Waals surface area (Å²) in [7, 11) is 5.61. The summed E-state index contributed by atoms with van der Waals surface area (Å²) in [4.78, 5) is 2.10. The molecule has 3 rings (SSSR count). The van der Waals surface area contributed by atoms with Crippen LogP contribution in [0.1, 0.15) is 31.2 Å². The Kier molecular flexibility index (Phi) is 4.17. The summed E-state index contributed by atoms with van der Waals surface area (Å²) in [6.07, 6.45) is 4.14. The van der Waals surface area contributed by atoms with Gasteiger partial charge in [0.1, 0.15) is 11.6 Å². The van der Waals surface area contributed by atoms with Gasteiger partial charge in [-0.2, -0.15) is 0 Å². The SMILES string of the molecule is COc1ccc(F)c([C@@]2(O)CC3CCC(C3)[C@@H]2CN(C)C)c1. The third-order valence-corrected chi connectivity index (χ3v) is 5.57. The summed E-state index contributed by atoms with van der Waals surface area (Å²) in [5.41, 5.74) is -0.678. The second kappa shape index (κ2) is 5.82. The Labute approximate surface area is 132 Å². The molecule has 3 nitrogen and oxygen atoms in total. The number of ether oxygens (including phenoxy) is 1. The molecule has 2 aliphatic rings. The average molecular weight is 307 g/mol. The molecule has 0 heterocycles. The van der Waals surface area contributed by atoms with Gasteiger partial charge in [0.15, 0.2) is 0 Å². The van der Waals surface area contributed by atoms with E-state index in [-0.39, 0.29) is 11.7 Å². The number of methoxy groups -OCH3 is 1. The van der Waals surface area contributed by atoms with Crippen molar-refractivity contribution in [3.05, 3.63) is 29.6 Å². The summed E-state index contributed by atoms with van der Waals surface area (Å²) >= 11 is 0. The van der Waals surface area contributed by atoms with Crippen LogP contribution in [0.3, 0.4) is 0 Å². The second-order valence-electron chi connectivity index (χ2n) is 7.28. The lowest BCUT2D eigenvalue weighted by Crippen LogP contribution is -2.47. The molecular weight excluding hydrogens is 281 g/mol. The van der Waals surface area contributed by atoms with Crippen molar-refractivity contribution >= 4 is 0 Å². The molecule has 0 aliphatic heterocycles. The van der Waals surface area contributed by atoms with E-state index in [9.17, 15) is 9.50 Å². The molecule has 122 valence electrons. The number of hydrogen-bond donors (Lipinski definition) is 1. The predicted molar refractivity (Wildman–Crippen MR) is 84.3 cm³/mol. The van der Waals surface area contributed by atoms with Crippen molar-refractivity contribution in [1.29, 1.82) is 0 Å². The number of nitrogens with zero attached hydrogens (tertiary/aromatic N) is 1. The lowest BCUT2D eigenvalue weighted by Gasteiger charge is -2.45. The van der Waals surface area contributed by atoms with Gasteiger partial charge in [-0.1, -0.05) is 6.42 Å². The van der Waals surface area contributed by atoms with Crippen LogP contribution in [-0.2, 0) is 5.60 Å². The minimum absolute atomic E-state index is 0.0721. The highest BCUT2D eigenvalue weighted by atomic mass is 19.1. The van der Waals surface area contributed by atoms with Crippen molar-refractivity contribution in [3.63, 3.8) is 0 Å². The maximum atomic E-state index is 14.5. The minimum atomic E-state index is -1.09. The van der Waals surface area contributed by atoms with Gasteiger partial charge in [-0.3, -0.25) is 0 Å². The molecule has 0 aromatic heterocycles. The first-order valence-corrected chi connectivity index (χ1v) is 8.15. The van der Waals surface area contributed by atoms with Crippen LogP contribution in [0.15, 0.2) is 18.2 Å². The molecule has 1 aromatic rings. The monoisotopic (exact) mass is 307 g/mol. The number of aliphatic hydroxyl groups is 1. The van der Waals surface area contributed by atoms with E-state index in [4.69, 9.17) is 4.74 Å². The van der Waals surface area contributed by atoms with Gasteiger partial charge >= 0.3 is 0 Å². The van der Waals surface area contributed by atoms with E-state index in [1.54, 1.807) is 19.2 Å². The molecule has 0 radical (unpaired) electrons. The molecule has 1 N–H and O–H groups in total. The molecule has 2 unspecified atom stereocenters. The van der Waals surface area contributed by atoms with Crippen LogP contribution >= 0.6 is 0 Å². The fraction of sp³-hybridized carbons (Fsp3) is 0.667. The molecule has 2 fully saturated rings. The Bertz CT molecular complexity index is 548. The molecular formula is C18H26FNO2. The van der Waals surface area contributed by atoms with Crippen molar-refractivity contribution in [2.24, 2.45) is 17.8 Å². The van der Waals surface area contributed by atoms with Crippen LogP contribution in [0.2, 0.25) is 0 Å². The van der Waals surface area contributed by atoms with Gasteiger partial charge < -0.3 is 14.7 Å². The molecule has 4 atom stereocenters. The fourth-order valence-electron chi connectivity index (χ4n) is 4.61. The van der Waals surface area contributed by atoms with E-state index in [1.807, 2.05) is 14.1 Å². The van der Waals surface area contributed by atoms with Crippen LogP contribution in [0.25, 0.3) is 0 Å². The van der Waals surface area contributed by atoms with Crippen LogP contribution in [0, 0.1) is 23.6 Å². The first-order chi connectivity index (χ1) is 10.4. The average Bonchev–Trinajstić information content (AvgIpc) is 2.87. The first-order valence-electron chi connectivity index (χ1n) is 8.15. The predicted octanol–water partition coefficient (Wildman–Crippen LogP) is 3.02. The number of rotatable bonds is 4. The zero-order valence-corrected chi connectivity index (χ0v) is 13.7. The Morgan fingerprint density at radius 1 is 1.36 bits per heavy atom. The normalized spacial score (nSPS) is 34.2. The summed E-state index contributed by atoms with van der Waals surface area (Å²) < 4.78 is 19.7. The highest BCUT2D eigenvalue weighted by Crippen LogP contribution is 2.54. The Morgan fingerprint density at radius 3 is 2.82 bits per heavy atom. The first kappa shape index (κ1) is 15.8. The summed E-state index contributed by atoms with van der Waals surface area (Å²) in [6.45, 7) is 0.782. The topological polar surface area (TPSA) is 32.7 Å². The van der Waals surface area contributed by atoms with Crippen molar-refractivity contribution in [3.8, 4) is 5.75 Å². The van der Waals surface area contributed by atoms with Gasteiger partial charge in [0, 0.05) is 18.0 Å². The summed E-state index contributed by atoms with van der Waals surface area (Å²) in [5, 5.41) is 11.5. The van der Waals surface area contributed by atoms with E-state index >= 15 is 0 Å². The smallest absolute Gasteiger partial charge is 0.129 e. The molecule has 0 spiro atoms. The zero-order valence-electron chi connectivity index (χ0n) is 13.7. The Balaban J connectivity index is 2.04. The maximum absolute atomic E-state index is 14.5. The number of hydrogen-bond acceptors (Lipinski definition) is 3. The van der Waals surface area contributed by atoms with E-state index in [0.717, 1.165) is 19.4 Å². The van der Waals surface area contributed by atoms with Crippen molar-refractivity contribution < 1.29 is 14.2 Å². The minimum Gasteiger partial charge on any atom is -0.497 e. The van der Waals surface area contributed by atoms with Crippen molar-refractivity contribution in [1.82, 2.24) is 4.90 Å². The lowest BCUT2D eigenvalue weighted by atomic mass is 9.65. The number of halogens is 1. The molecule has 0 saturated heterocycles. The standard InChI is InChI=1S/C18H26FNO2/c1-20(2)11-16-13-5-4-12(8-13)10-18(16,21)15-9-14(22-3)6-7-17(15)19/h6-7,9,12-13,16,21H,4-5,8,10-11H2,1-3H3/t12?,13?,16-,18-/m0/s1. The van der Waals surface area contributed by atoms with Crippen LogP contribution in [0.4, 0.5) is 4.39 Å². The fourth-order valence-corrected chi connectivity index (χ4v) is 4.61. The maximum Gasteiger partial charge on any atom is 0.129 e. The largest absolute Gasteiger partial charge is 0.497 e. The molecule has 4 heteroatoms. The van der Waals surface area contributed by atoms with Crippen LogP contribution in [-0.4, -0.2) is 37.8 Å². The summed E-state index contributed by atoms with van der Waals surface area (Å²) in [5.74, 6) is 1.35. The third-order valence-electron chi connectivity index (χ3n) is 5.57.